The molecule has 0 aromatic heterocycles. The summed E-state index contributed by atoms with van der Waals surface area (Å²) in [4.78, 5) is 28.9. The van der Waals surface area contributed by atoms with E-state index in [9.17, 15) is 14.0 Å². The monoisotopic (exact) mass is 383 g/mol. The van der Waals surface area contributed by atoms with E-state index in [1.54, 1.807) is 4.90 Å². The average molecular weight is 383 g/mol. The molecule has 1 heterocycles. The van der Waals surface area contributed by atoms with Crippen molar-refractivity contribution in [2.24, 2.45) is 0 Å². The van der Waals surface area contributed by atoms with Gasteiger partial charge in [-0.1, -0.05) is 12.1 Å². The second kappa shape index (κ2) is 8.97. The van der Waals surface area contributed by atoms with E-state index in [0.717, 1.165) is 29.8 Å². The molecule has 0 atom stereocenters. The molecule has 6 heteroatoms. The molecule has 0 saturated carbocycles. The van der Waals surface area contributed by atoms with Crippen LogP contribution in [0.25, 0.3) is 0 Å². The minimum absolute atomic E-state index is 0.0491. The Labute approximate surface area is 165 Å². The summed E-state index contributed by atoms with van der Waals surface area (Å²) in [5.74, 6) is -0.498. The first-order valence-electron chi connectivity index (χ1n) is 9.56. The van der Waals surface area contributed by atoms with Gasteiger partial charge in [0.05, 0.1) is 6.54 Å². The van der Waals surface area contributed by atoms with Crippen LogP contribution in [0.15, 0.2) is 42.5 Å². The number of amides is 2. The van der Waals surface area contributed by atoms with E-state index in [1.165, 1.54) is 24.3 Å². The lowest BCUT2D eigenvalue weighted by Crippen LogP contribution is -2.38. The quantitative estimate of drug-likeness (QED) is 0.882. The maximum absolute atomic E-state index is 13.1. The van der Waals surface area contributed by atoms with Gasteiger partial charge in [-0.05, 0) is 61.7 Å². The fourth-order valence-corrected chi connectivity index (χ4v) is 3.37. The van der Waals surface area contributed by atoms with Crippen molar-refractivity contribution in [2.45, 2.75) is 20.3 Å². The molecule has 2 aromatic carbocycles. The highest BCUT2D eigenvalue weighted by molar-refractivity contribution is 5.94. The van der Waals surface area contributed by atoms with Crippen molar-refractivity contribution in [1.29, 1.82) is 0 Å². The van der Waals surface area contributed by atoms with E-state index in [2.05, 4.69) is 10.2 Å². The second-order valence-corrected chi connectivity index (χ2v) is 7.30. The zero-order valence-electron chi connectivity index (χ0n) is 16.4. The Hall–Kier alpha value is -2.73. The summed E-state index contributed by atoms with van der Waals surface area (Å²) in [6.45, 7) is 6.83. The standard InChI is InChI=1S/C22H26FN3O2/c1-16-4-5-17(2)20(14-16)24-21(27)15-25-10-3-11-26(13-12-25)22(28)18-6-8-19(23)9-7-18/h4-9,14H,3,10-13,15H2,1-2H3,(H,24,27). The lowest BCUT2D eigenvalue weighted by Gasteiger charge is -2.22. The number of carbonyl (C=O) groups excluding carboxylic acids is 2. The smallest absolute Gasteiger partial charge is 0.253 e. The van der Waals surface area contributed by atoms with Gasteiger partial charge in [0, 0.05) is 37.4 Å². The molecule has 28 heavy (non-hydrogen) atoms. The van der Waals surface area contributed by atoms with Crippen molar-refractivity contribution in [3.8, 4) is 0 Å². The number of rotatable bonds is 4. The average Bonchev–Trinajstić information content (AvgIpc) is 2.90. The van der Waals surface area contributed by atoms with Crippen molar-refractivity contribution in [3.05, 3.63) is 65.0 Å². The van der Waals surface area contributed by atoms with Crippen molar-refractivity contribution >= 4 is 17.5 Å². The summed E-state index contributed by atoms with van der Waals surface area (Å²) in [5, 5.41) is 2.99. The summed E-state index contributed by atoms with van der Waals surface area (Å²) < 4.78 is 13.1. The molecule has 1 saturated heterocycles. The summed E-state index contributed by atoms with van der Waals surface area (Å²) in [5.41, 5.74) is 3.46. The Bertz CT molecular complexity index is 851. The fourth-order valence-electron chi connectivity index (χ4n) is 3.37. The Morgan fingerprint density at radius 2 is 1.75 bits per heavy atom. The van der Waals surface area contributed by atoms with E-state index < -0.39 is 0 Å². The van der Waals surface area contributed by atoms with Gasteiger partial charge in [0.15, 0.2) is 0 Å². The molecule has 1 N–H and O–H groups in total. The number of carbonyl (C=O) groups is 2. The van der Waals surface area contributed by atoms with E-state index >= 15 is 0 Å². The minimum atomic E-state index is -0.353. The molecule has 0 spiro atoms. The Morgan fingerprint density at radius 3 is 2.50 bits per heavy atom. The zero-order chi connectivity index (χ0) is 20.1. The fraction of sp³-hybridized carbons (Fsp3) is 0.364. The highest BCUT2D eigenvalue weighted by atomic mass is 19.1. The molecule has 0 radical (unpaired) electrons. The molecule has 3 rings (SSSR count). The van der Waals surface area contributed by atoms with Crippen LogP contribution in [-0.4, -0.2) is 54.3 Å². The molecule has 0 unspecified atom stereocenters. The van der Waals surface area contributed by atoms with Gasteiger partial charge in [0.25, 0.3) is 5.91 Å². The number of nitrogens with zero attached hydrogens (tertiary/aromatic N) is 2. The first-order valence-corrected chi connectivity index (χ1v) is 9.56. The summed E-state index contributed by atoms with van der Waals surface area (Å²) >= 11 is 0. The van der Waals surface area contributed by atoms with Crippen LogP contribution in [0.2, 0.25) is 0 Å². The van der Waals surface area contributed by atoms with Crippen molar-refractivity contribution in [1.82, 2.24) is 9.80 Å². The molecule has 0 aliphatic carbocycles. The van der Waals surface area contributed by atoms with Crippen LogP contribution in [0, 0.1) is 19.7 Å². The first kappa shape index (κ1) is 20.0. The van der Waals surface area contributed by atoms with E-state index in [4.69, 9.17) is 0 Å². The maximum Gasteiger partial charge on any atom is 0.253 e. The third kappa shape index (κ3) is 5.16. The van der Waals surface area contributed by atoms with Crippen molar-refractivity contribution in [2.75, 3.05) is 38.0 Å². The van der Waals surface area contributed by atoms with Crippen molar-refractivity contribution < 1.29 is 14.0 Å². The molecule has 0 bridgehead atoms. The van der Waals surface area contributed by atoms with Gasteiger partial charge in [-0.3, -0.25) is 14.5 Å². The second-order valence-electron chi connectivity index (χ2n) is 7.30. The SMILES string of the molecule is Cc1ccc(C)c(NC(=O)CN2CCCN(C(=O)c3ccc(F)cc3)CC2)c1. The van der Waals surface area contributed by atoms with Crippen LogP contribution < -0.4 is 5.32 Å². The molecule has 2 amide bonds. The van der Waals surface area contributed by atoms with Gasteiger partial charge in [0.1, 0.15) is 5.82 Å². The predicted octanol–water partition coefficient (Wildman–Crippen LogP) is 3.23. The van der Waals surface area contributed by atoms with Crippen LogP contribution >= 0.6 is 0 Å². The third-order valence-electron chi connectivity index (χ3n) is 5.00. The molecular weight excluding hydrogens is 357 g/mol. The van der Waals surface area contributed by atoms with Gasteiger partial charge in [-0.2, -0.15) is 0 Å². The molecule has 2 aromatic rings. The minimum Gasteiger partial charge on any atom is -0.337 e. The van der Waals surface area contributed by atoms with Gasteiger partial charge >= 0.3 is 0 Å². The molecular formula is C22H26FN3O2. The normalized spacial score (nSPS) is 15.2. The lowest BCUT2D eigenvalue weighted by molar-refractivity contribution is -0.117. The van der Waals surface area contributed by atoms with Crippen LogP contribution in [0.4, 0.5) is 10.1 Å². The number of hydrogen-bond acceptors (Lipinski definition) is 3. The Morgan fingerprint density at radius 1 is 1.00 bits per heavy atom. The summed E-state index contributed by atoms with van der Waals surface area (Å²) in [7, 11) is 0. The van der Waals surface area contributed by atoms with Gasteiger partial charge in [-0.25, -0.2) is 4.39 Å². The maximum atomic E-state index is 13.1. The highest BCUT2D eigenvalue weighted by Crippen LogP contribution is 2.16. The molecule has 148 valence electrons. The highest BCUT2D eigenvalue weighted by Gasteiger charge is 2.21. The van der Waals surface area contributed by atoms with Gasteiger partial charge in [-0.15, -0.1) is 0 Å². The molecule has 1 aliphatic rings. The Kier molecular flexibility index (Phi) is 6.41. The van der Waals surface area contributed by atoms with E-state index in [-0.39, 0.29) is 17.6 Å². The zero-order valence-corrected chi connectivity index (χ0v) is 16.4. The van der Waals surface area contributed by atoms with Gasteiger partial charge in [0.2, 0.25) is 5.91 Å². The van der Waals surface area contributed by atoms with Crippen LogP contribution in [-0.2, 0) is 4.79 Å². The number of aryl methyl sites for hydroxylation is 2. The van der Waals surface area contributed by atoms with Crippen molar-refractivity contribution in [3.63, 3.8) is 0 Å². The summed E-state index contributed by atoms with van der Waals surface area (Å²) in [6, 6.07) is 11.6. The largest absolute Gasteiger partial charge is 0.337 e. The lowest BCUT2D eigenvalue weighted by atomic mass is 10.1. The number of hydrogen-bond donors (Lipinski definition) is 1. The number of anilines is 1. The number of halogens is 1. The number of benzene rings is 2. The topological polar surface area (TPSA) is 52.7 Å². The van der Waals surface area contributed by atoms with E-state index in [1.807, 2.05) is 32.0 Å². The molecule has 1 fully saturated rings. The molecule has 5 nitrogen and oxygen atoms in total. The first-order chi connectivity index (χ1) is 13.4. The predicted molar refractivity (Wildman–Crippen MR) is 108 cm³/mol. The number of nitrogens with one attached hydrogen (secondary N) is 1. The summed E-state index contributed by atoms with van der Waals surface area (Å²) in [6.07, 6.45) is 0.795. The Balaban J connectivity index is 1.54. The van der Waals surface area contributed by atoms with E-state index in [0.29, 0.717) is 31.7 Å². The van der Waals surface area contributed by atoms with Gasteiger partial charge < -0.3 is 10.2 Å². The van der Waals surface area contributed by atoms with Crippen LogP contribution in [0.1, 0.15) is 27.9 Å². The molecule has 1 aliphatic heterocycles. The van der Waals surface area contributed by atoms with Crippen LogP contribution in [0.3, 0.4) is 0 Å². The third-order valence-corrected chi connectivity index (χ3v) is 5.00. The van der Waals surface area contributed by atoms with Crippen LogP contribution in [0.5, 0.6) is 0 Å².